The molecule has 0 bridgehead atoms. The summed E-state index contributed by atoms with van der Waals surface area (Å²) in [6.45, 7) is 5.76. The molecule has 2 fully saturated rings. The summed E-state index contributed by atoms with van der Waals surface area (Å²) in [5.41, 5.74) is -0.262. The van der Waals surface area contributed by atoms with E-state index in [-0.39, 0.29) is 22.3 Å². The summed E-state index contributed by atoms with van der Waals surface area (Å²) >= 11 is 0. The number of amides is 1. The summed E-state index contributed by atoms with van der Waals surface area (Å²) < 4.78 is 23.0. The van der Waals surface area contributed by atoms with E-state index in [2.05, 4.69) is 15.2 Å². The Bertz CT molecular complexity index is 705. The first-order chi connectivity index (χ1) is 10.7. The molecule has 1 atom stereocenters. The van der Waals surface area contributed by atoms with Crippen LogP contribution in [0.4, 0.5) is 5.82 Å². The van der Waals surface area contributed by atoms with Gasteiger partial charge >= 0.3 is 0 Å². The molecule has 2 aliphatic heterocycles. The molecule has 0 unspecified atom stereocenters. The second kappa shape index (κ2) is 5.47. The van der Waals surface area contributed by atoms with Gasteiger partial charge in [0.15, 0.2) is 9.84 Å². The summed E-state index contributed by atoms with van der Waals surface area (Å²) in [6.07, 6.45) is 4.61. The maximum atomic E-state index is 11.6. The molecule has 126 valence electrons. The van der Waals surface area contributed by atoms with Gasteiger partial charge in [-0.15, -0.1) is 0 Å². The first-order valence-electron chi connectivity index (χ1n) is 7.91. The predicted molar refractivity (Wildman–Crippen MR) is 88.0 cm³/mol. The van der Waals surface area contributed by atoms with Gasteiger partial charge < -0.3 is 10.2 Å². The lowest BCUT2D eigenvalue weighted by Gasteiger charge is -2.50. The van der Waals surface area contributed by atoms with Crippen molar-refractivity contribution in [2.24, 2.45) is 11.3 Å². The van der Waals surface area contributed by atoms with E-state index in [0.29, 0.717) is 5.92 Å². The number of anilines is 1. The van der Waals surface area contributed by atoms with Gasteiger partial charge in [-0.3, -0.25) is 4.79 Å². The largest absolute Gasteiger partial charge is 0.357 e. The smallest absolute Gasteiger partial charge is 0.228 e. The molecule has 1 aromatic rings. The Hall–Kier alpha value is -1.63. The first-order valence-corrected chi connectivity index (χ1v) is 9.81. The summed E-state index contributed by atoms with van der Waals surface area (Å²) in [5, 5.41) is 3.04. The molecule has 0 aromatic carbocycles. The summed E-state index contributed by atoms with van der Waals surface area (Å²) in [6, 6.07) is 3.64. The number of nitrogens with zero attached hydrogens (tertiary/aromatic N) is 2. The van der Waals surface area contributed by atoms with E-state index in [0.717, 1.165) is 31.7 Å². The quantitative estimate of drug-likeness (QED) is 0.839. The SMILES string of the molecule is CC1(C)C(=O)N[C@@H]1C1CCN(c2ccc(S(C)(=O)=O)cn2)CC1. The van der Waals surface area contributed by atoms with E-state index in [1.165, 1.54) is 12.5 Å². The number of carbonyl (C=O) groups is 1. The summed E-state index contributed by atoms with van der Waals surface area (Å²) in [7, 11) is -3.21. The van der Waals surface area contributed by atoms with Crippen LogP contribution in [0.2, 0.25) is 0 Å². The van der Waals surface area contributed by atoms with Crippen LogP contribution in [0.1, 0.15) is 26.7 Å². The van der Waals surface area contributed by atoms with Gasteiger partial charge in [0, 0.05) is 31.6 Å². The van der Waals surface area contributed by atoms with Crippen molar-refractivity contribution in [2.75, 3.05) is 24.2 Å². The van der Waals surface area contributed by atoms with Gasteiger partial charge in [0.05, 0.1) is 10.3 Å². The molecule has 0 spiro atoms. The Kier molecular flexibility index (Phi) is 3.86. The van der Waals surface area contributed by atoms with E-state index >= 15 is 0 Å². The monoisotopic (exact) mass is 337 g/mol. The van der Waals surface area contributed by atoms with E-state index in [1.54, 1.807) is 12.1 Å². The fraction of sp³-hybridized carbons (Fsp3) is 0.625. The summed E-state index contributed by atoms with van der Waals surface area (Å²) in [5.74, 6) is 1.45. The standard InChI is InChI=1S/C16H23N3O3S/c1-16(2)14(18-15(16)20)11-6-8-19(9-7-11)13-5-4-12(10-17-13)23(3,21)22/h4-5,10-11,14H,6-9H2,1-3H3,(H,18,20)/t14-/m1/s1. The van der Waals surface area contributed by atoms with Crippen LogP contribution in [-0.4, -0.2) is 44.7 Å². The number of aromatic nitrogens is 1. The van der Waals surface area contributed by atoms with Gasteiger partial charge in [-0.25, -0.2) is 13.4 Å². The number of sulfone groups is 1. The van der Waals surface area contributed by atoms with Crippen LogP contribution >= 0.6 is 0 Å². The summed E-state index contributed by atoms with van der Waals surface area (Å²) in [4.78, 5) is 18.3. The number of nitrogens with one attached hydrogen (secondary N) is 1. The lowest BCUT2D eigenvalue weighted by molar-refractivity contribution is -0.145. The number of hydrogen-bond acceptors (Lipinski definition) is 5. The van der Waals surface area contributed by atoms with Crippen LogP contribution in [0.5, 0.6) is 0 Å². The molecule has 6 nitrogen and oxygen atoms in total. The minimum Gasteiger partial charge on any atom is -0.357 e. The highest BCUT2D eigenvalue weighted by atomic mass is 32.2. The van der Waals surface area contributed by atoms with E-state index < -0.39 is 9.84 Å². The van der Waals surface area contributed by atoms with Crippen LogP contribution < -0.4 is 10.2 Å². The lowest BCUT2D eigenvalue weighted by Crippen LogP contribution is -2.67. The van der Waals surface area contributed by atoms with E-state index in [1.807, 2.05) is 13.8 Å². The normalized spacial score (nSPS) is 24.9. The van der Waals surface area contributed by atoms with Gasteiger partial charge in [0.25, 0.3) is 0 Å². The van der Waals surface area contributed by atoms with Crippen molar-refractivity contribution >= 4 is 21.6 Å². The van der Waals surface area contributed by atoms with Crippen LogP contribution in [0.3, 0.4) is 0 Å². The number of β-lactam (4-membered cyclic amide) rings is 1. The highest BCUT2D eigenvalue weighted by Gasteiger charge is 2.50. The van der Waals surface area contributed by atoms with Crippen LogP contribution in [0, 0.1) is 11.3 Å². The highest BCUT2D eigenvalue weighted by molar-refractivity contribution is 7.90. The average molecular weight is 337 g/mol. The molecule has 3 rings (SSSR count). The van der Waals surface area contributed by atoms with Crippen molar-refractivity contribution in [3.05, 3.63) is 18.3 Å². The van der Waals surface area contributed by atoms with Crippen molar-refractivity contribution in [3.8, 4) is 0 Å². The number of rotatable bonds is 3. The van der Waals surface area contributed by atoms with Crippen LogP contribution in [-0.2, 0) is 14.6 Å². The maximum absolute atomic E-state index is 11.6. The number of pyridine rings is 1. The van der Waals surface area contributed by atoms with Crippen molar-refractivity contribution in [2.45, 2.75) is 37.6 Å². The lowest BCUT2D eigenvalue weighted by atomic mass is 9.68. The predicted octanol–water partition coefficient (Wildman–Crippen LogP) is 1.23. The van der Waals surface area contributed by atoms with Gasteiger partial charge in [0.2, 0.25) is 5.91 Å². The number of carbonyl (C=O) groups excluding carboxylic acids is 1. The van der Waals surface area contributed by atoms with Gasteiger partial charge in [-0.05, 0) is 44.7 Å². The molecule has 1 N–H and O–H groups in total. The Labute approximate surface area is 137 Å². The third-order valence-electron chi connectivity index (χ3n) is 5.13. The molecule has 2 saturated heterocycles. The van der Waals surface area contributed by atoms with Gasteiger partial charge in [-0.2, -0.15) is 0 Å². The van der Waals surface area contributed by atoms with Crippen LogP contribution in [0.15, 0.2) is 23.2 Å². The second-order valence-corrected chi connectivity index (χ2v) is 9.14. The molecular weight excluding hydrogens is 314 g/mol. The van der Waals surface area contributed by atoms with Crippen molar-refractivity contribution in [3.63, 3.8) is 0 Å². The zero-order valence-electron chi connectivity index (χ0n) is 13.7. The Balaban J connectivity index is 1.62. The molecule has 1 aromatic heterocycles. The molecule has 1 amide bonds. The third-order valence-corrected chi connectivity index (χ3v) is 6.23. The Morgan fingerprint density at radius 3 is 2.35 bits per heavy atom. The topological polar surface area (TPSA) is 79.4 Å². The average Bonchev–Trinajstić information content (AvgIpc) is 2.52. The van der Waals surface area contributed by atoms with E-state index in [4.69, 9.17) is 0 Å². The minimum absolute atomic E-state index is 0.142. The second-order valence-electron chi connectivity index (χ2n) is 7.12. The van der Waals surface area contributed by atoms with Crippen molar-refractivity contribution in [1.82, 2.24) is 10.3 Å². The van der Waals surface area contributed by atoms with Crippen LogP contribution in [0.25, 0.3) is 0 Å². The Morgan fingerprint density at radius 2 is 1.91 bits per heavy atom. The molecule has 2 aliphatic rings. The Morgan fingerprint density at radius 1 is 1.26 bits per heavy atom. The number of hydrogen-bond donors (Lipinski definition) is 1. The number of piperidine rings is 1. The zero-order chi connectivity index (χ0) is 16.8. The third kappa shape index (κ3) is 2.94. The molecule has 0 aliphatic carbocycles. The molecular formula is C16H23N3O3S. The molecule has 7 heteroatoms. The van der Waals surface area contributed by atoms with E-state index in [9.17, 15) is 13.2 Å². The zero-order valence-corrected chi connectivity index (χ0v) is 14.6. The van der Waals surface area contributed by atoms with Gasteiger partial charge in [-0.1, -0.05) is 0 Å². The highest BCUT2D eigenvalue weighted by Crippen LogP contribution is 2.38. The molecule has 3 heterocycles. The first kappa shape index (κ1) is 16.2. The maximum Gasteiger partial charge on any atom is 0.228 e. The molecule has 23 heavy (non-hydrogen) atoms. The minimum atomic E-state index is -3.21. The van der Waals surface area contributed by atoms with Crippen molar-refractivity contribution < 1.29 is 13.2 Å². The fourth-order valence-electron chi connectivity index (χ4n) is 3.52. The van der Waals surface area contributed by atoms with Gasteiger partial charge in [0.1, 0.15) is 5.82 Å². The molecule has 0 radical (unpaired) electrons. The fourth-order valence-corrected chi connectivity index (χ4v) is 4.08. The molecule has 0 saturated carbocycles. The van der Waals surface area contributed by atoms with Crippen molar-refractivity contribution in [1.29, 1.82) is 0 Å².